The lowest BCUT2D eigenvalue weighted by atomic mass is 10.3. The summed E-state index contributed by atoms with van der Waals surface area (Å²) in [5.41, 5.74) is 2.08. The van der Waals surface area contributed by atoms with Gasteiger partial charge in [0, 0.05) is 12.1 Å². The third kappa shape index (κ3) is 0.744. The standard InChI is InChI=1S/C7H8ClN3/c1-10-6-3-2-5(8)4-7(6)11(10)9/h2-4H,9H2,1H3. The fourth-order valence-corrected chi connectivity index (χ4v) is 1.35. The molecule has 0 saturated heterocycles. The van der Waals surface area contributed by atoms with Gasteiger partial charge in [0.15, 0.2) is 0 Å². The average Bonchev–Trinajstić information content (AvgIpc) is 2.03. The quantitative estimate of drug-likeness (QED) is 0.594. The second kappa shape index (κ2) is 1.95. The molecule has 0 bridgehead atoms. The number of hydrogen-bond acceptors (Lipinski definition) is 1. The van der Waals surface area contributed by atoms with Crippen molar-refractivity contribution >= 4 is 22.6 Å². The monoisotopic (exact) mass is 169 g/mol. The van der Waals surface area contributed by atoms with Crippen LogP contribution >= 0.6 is 11.6 Å². The van der Waals surface area contributed by atoms with Crippen LogP contribution < -0.4 is 5.84 Å². The van der Waals surface area contributed by atoms with Crippen LogP contribution in [0.4, 0.5) is 0 Å². The Kier molecular flexibility index (Phi) is 1.17. The van der Waals surface area contributed by atoms with E-state index >= 15 is 0 Å². The Morgan fingerprint density at radius 3 is 2.82 bits per heavy atom. The number of halogens is 1. The maximum absolute atomic E-state index is 5.76. The van der Waals surface area contributed by atoms with E-state index in [-0.39, 0.29) is 0 Å². The molecule has 4 heteroatoms. The van der Waals surface area contributed by atoms with Gasteiger partial charge in [-0.25, -0.2) is 0 Å². The summed E-state index contributed by atoms with van der Waals surface area (Å²) in [6.07, 6.45) is 0. The highest BCUT2D eigenvalue weighted by molar-refractivity contribution is 6.31. The molecular weight excluding hydrogens is 162 g/mol. The lowest BCUT2D eigenvalue weighted by Gasteiger charge is -2.18. The molecule has 2 N–H and O–H groups in total. The zero-order chi connectivity index (χ0) is 8.01. The van der Waals surface area contributed by atoms with E-state index in [1.807, 2.05) is 29.9 Å². The van der Waals surface area contributed by atoms with Gasteiger partial charge in [0.2, 0.25) is 0 Å². The van der Waals surface area contributed by atoms with E-state index in [9.17, 15) is 0 Å². The van der Waals surface area contributed by atoms with Gasteiger partial charge >= 0.3 is 0 Å². The SMILES string of the molecule is Cn1c2ccc(Cl)cc2n1N. The fraction of sp³-hybridized carbons (Fsp3) is 0.143. The lowest BCUT2D eigenvalue weighted by Crippen LogP contribution is -2.27. The van der Waals surface area contributed by atoms with Crippen molar-refractivity contribution < 1.29 is 0 Å². The van der Waals surface area contributed by atoms with Crippen molar-refractivity contribution in [3.8, 4) is 0 Å². The number of rotatable bonds is 0. The Bertz CT molecular complexity index is 399. The van der Waals surface area contributed by atoms with E-state index in [0.29, 0.717) is 5.02 Å². The van der Waals surface area contributed by atoms with E-state index < -0.39 is 0 Å². The van der Waals surface area contributed by atoms with E-state index in [0.717, 1.165) is 11.0 Å². The smallest absolute Gasteiger partial charge is 0.107 e. The third-order valence-electron chi connectivity index (χ3n) is 1.86. The first kappa shape index (κ1) is 6.61. The summed E-state index contributed by atoms with van der Waals surface area (Å²) in [4.78, 5) is 1.56. The zero-order valence-corrected chi connectivity index (χ0v) is 6.84. The number of aryl methyl sites for hydroxylation is 1. The second-order valence-corrected chi connectivity index (χ2v) is 2.94. The number of fused-ring (bicyclic) bond motifs is 1. The van der Waals surface area contributed by atoms with Crippen molar-refractivity contribution in [1.29, 1.82) is 0 Å². The van der Waals surface area contributed by atoms with Gasteiger partial charge in [-0.1, -0.05) is 11.6 Å². The summed E-state index contributed by atoms with van der Waals surface area (Å²) in [7, 11) is 1.90. The minimum absolute atomic E-state index is 0.715. The molecular formula is C7H8ClN3. The first-order chi connectivity index (χ1) is 5.20. The lowest BCUT2D eigenvalue weighted by molar-refractivity contribution is 0.625. The van der Waals surface area contributed by atoms with Crippen LogP contribution in [-0.4, -0.2) is 9.47 Å². The summed E-state index contributed by atoms with van der Waals surface area (Å²) in [6, 6.07) is 5.64. The molecule has 0 saturated carbocycles. The van der Waals surface area contributed by atoms with Gasteiger partial charge in [0.05, 0.1) is 5.52 Å². The van der Waals surface area contributed by atoms with E-state index in [1.54, 1.807) is 4.79 Å². The van der Waals surface area contributed by atoms with Crippen molar-refractivity contribution in [3.63, 3.8) is 0 Å². The Balaban J connectivity index is 2.77. The first-order valence-corrected chi connectivity index (χ1v) is 3.66. The summed E-state index contributed by atoms with van der Waals surface area (Å²) in [6.45, 7) is 0. The Morgan fingerprint density at radius 1 is 1.36 bits per heavy atom. The Labute approximate surface area is 68.9 Å². The van der Waals surface area contributed by atoms with Crippen LogP contribution in [0, 0.1) is 0 Å². The largest absolute Gasteiger partial charge is 0.324 e. The molecule has 1 heterocycles. The second-order valence-electron chi connectivity index (χ2n) is 2.50. The number of benzene rings is 1. The normalized spacial score (nSPS) is 11.1. The van der Waals surface area contributed by atoms with Gasteiger partial charge in [-0.15, -0.1) is 0 Å². The van der Waals surface area contributed by atoms with Crippen LogP contribution in [0.5, 0.6) is 0 Å². The number of hydrogen-bond donors (Lipinski definition) is 1. The van der Waals surface area contributed by atoms with Crippen LogP contribution in [0.2, 0.25) is 5.02 Å². The molecule has 0 aliphatic heterocycles. The number of nitrogen functional groups attached to an aromatic ring is 1. The van der Waals surface area contributed by atoms with Crippen molar-refractivity contribution in [1.82, 2.24) is 9.47 Å². The van der Waals surface area contributed by atoms with E-state index in [2.05, 4.69) is 0 Å². The molecule has 0 aliphatic carbocycles. The van der Waals surface area contributed by atoms with Gasteiger partial charge in [0.1, 0.15) is 5.52 Å². The summed E-state index contributed by atoms with van der Waals surface area (Å²) < 4.78 is 1.85. The first-order valence-electron chi connectivity index (χ1n) is 3.28. The molecule has 0 fully saturated rings. The van der Waals surface area contributed by atoms with Gasteiger partial charge < -0.3 is 5.84 Å². The third-order valence-corrected chi connectivity index (χ3v) is 2.09. The molecule has 1 aromatic heterocycles. The minimum Gasteiger partial charge on any atom is -0.324 e. The molecule has 0 aliphatic rings. The molecule has 0 unspecified atom stereocenters. The summed E-state index contributed by atoms with van der Waals surface area (Å²) >= 11 is 5.76. The van der Waals surface area contributed by atoms with Crippen molar-refractivity contribution in [3.05, 3.63) is 23.2 Å². The molecule has 3 nitrogen and oxygen atoms in total. The maximum atomic E-state index is 5.76. The van der Waals surface area contributed by atoms with Crippen molar-refractivity contribution in [2.24, 2.45) is 7.05 Å². The van der Waals surface area contributed by atoms with Crippen LogP contribution in [0.15, 0.2) is 18.2 Å². The summed E-state index contributed by atoms with van der Waals surface area (Å²) in [5, 5.41) is 0.715. The van der Waals surface area contributed by atoms with E-state index in [1.165, 1.54) is 0 Å². The van der Waals surface area contributed by atoms with Gasteiger partial charge in [-0.05, 0) is 18.2 Å². The van der Waals surface area contributed by atoms with Gasteiger partial charge in [-0.3, -0.25) is 4.68 Å². The average molecular weight is 170 g/mol. The van der Waals surface area contributed by atoms with E-state index in [4.69, 9.17) is 17.4 Å². The maximum Gasteiger partial charge on any atom is 0.107 e. The fourth-order valence-electron chi connectivity index (χ4n) is 1.19. The number of nitrogens with two attached hydrogens (primary N) is 1. The Morgan fingerprint density at radius 2 is 2.09 bits per heavy atom. The number of nitrogens with zero attached hydrogens (tertiary/aromatic N) is 2. The van der Waals surface area contributed by atoms with Crippen molar-refractivity contribution in [2.75, 3.05) is 5.84 Å². The predicted octanol–water partition coefficient (Wildman–Crippen LogP) is 1.35. The molecule has 58 valence electrons. The molecule has 2 aromatic rings. The highest BCUT2D eigenvalue weighted by Gasteiger charge is 2.06. The molecule has 1 aromatic carbocycles. The Hall–Kier alpha value is -1.09. The molecule has 0 radical (unpaired) electrons. The molecule has 2 rings (SSSR count). The van der Waals surface area contributed by atoms with Crippen LogP contribution in [0.25, 0.3) is 11.0 Å². The molecule has 0 spiro atoms. The minimum atomic E-state index is 0.715. The highest BCUT2D eigenvalue weighted by atomic mass is 35.5. The predicted molar refractivity (Wildman–Crippen MR) is 46.1 cm³/mol. The van der Waals surface area contributed by atoms with Gasteiger partial charge in [-0.2, -0.15) is 4.79 Å². The van der Waals surface area contributed by atoms with Crippen molar-refractivity contribution in [2.45, 2.75) is 0 Å². The molecule has 0 atom stereocenters. The van der Waals surface area contributed by atoms with Crippen LogP contribution in [0.1, 0.15) is 0 Å². The molecule has 0 amide bonds. The highest BCUT2D eigenvalue weighted by Crippen LogP contribution is 2.19. The molecule has 11 heavy (non-hydrogen) atoms. The zero-order valence-electron chi connectivity index (χ0n) is 6.08. The van der Waals surface area contributed by atoms with Gasteiger partial charge in [0.25, 0.3) is 0 Å². The van der Waals surface area contributed by atoms with Crippen LogP contribution in [0.3, 0.4) is 0 Å². The topological polar surface area (TPSA) is 35.9 Å². The van der Waals surface area contributed by atoms with Crippen LogP contribution in [-0.2, 0) is 7.05 Å². The number of aromatic nitrogens is 2. The summed E-state index contributed by atoms with van der Waals surface area (Å²) in [5.74, 6) is 5.60.